The highest BCUT2D eigenvalue weighted by molar-refractivity contribution is 5.79. The number of aryl methyl sites for hydroxylation is 2. The zero-order valence-corrected chi connectivity index (χ0v) is 14.9. The standard InChI is InChI=1S/C18H25FN4O/c1-12(17-13(2)22-24-14(17)3)10-21-18(20-4)23(5)11-15-7-6-8-16(19)9-15/h6-9,12H,10-11H2,1-5H3,(H,20,21). The maximum absolute atomic E-state index is 13.3. The van der Waals surface area contributed by atoms with Crippen molar-refractivity contribution in [2.24, 2.45) is 4.99 Å². The number of aliphatic imine (C=N–C) groups is 1. The molecule has 6 heteroatoms. The Labute approximate surface area is 142 Å². The quantitative estimate of drug-likeness (QED) is 0.674. The Bertz CT molecular complexity index is 691. The molecular weight excluding hydrogens is 307 g/mol. The number of nitrogens with zero attached hydrogens (tertiary/aromatic N) is 3. The molecule has 0 fully saturated rings. The Kier molecular flexibility index (Phi) is 5.95. The van der Waals surface area contributed by atoms with E-state index in [0.29, 0.717) is 13.1 Å². The van der Waals surface area contributed by atoms with Gasteiger partial charge in [0.15, 0.2) is 5.96 Å². The number of hydrogen-bond acceptors (Lipinski definition) is 3. The van der Waals surface area contributed by atoms with Gasteiger partial charge in [-0.1, -0.05) is 24.2 Å². The fourth-order valence-corrected chi connectivity index (χ4v) is 2.91. The summed E-state index contributed by atoms with van der Waals surface area (Å²) < 4.78 is 18.5. The van der Waals surface area contributed by atoms with E-state index in [4.69, 9.17) is 4.52 Å². The second-order valence-electron chi connectivity index (χ2n) is 6.05. The van der Waals surface area contributed by atoms with Crippen LogP contribution in [0, 0.1) is 19.7 Å². The lowest BCUT2D eigenvalue weighted by molar-refractivity contribution is 0.391. The van der Waals surface area contributed by atoms with Crippen molar-refractivity contribution in [3.8, 4) is 0 Å². The topological polar surface area (TPSA) is 53.7 Å². The molecule has 0 bridgehead atoms. The van der Waals surface area contributed by atoms with E-state index in [2.05, 4.69) is 22.4 Å². The summed E-state index contributed by atoms with van der Waals surface area (Å²) in [4.78, 5) is 6.27. The number of nitrogens with one attached hydrogen (secondary N) is 1. The minimum absolute atomic E-state index is 0.226. The molecule has 1 aromatic heterocycles. The second-order valence-corrected chi connectivity index (χ2v) is 6.05. The molecule has 0 aliphatic rings. The van der Waals surface area contributed by atoms with E-state index in [0.717, 1.165) is 28.5 Å². The first kappa shape index (κ1) is 18.0. The molecule has 0 aliphatic carbocycles. The summed E-state index contributed by atoms with van der Waals surface area (Å²) in [5.74, 6) is 1.63. The van der Waals surface area contributed by atoms with E-state index in [9.17, 15) is 4.39 Å². The average molecular weight is 332 g/mol. The molecule has 0 radical (unpaired) electrons. The van der Waals surface area contributed by atoms with Gasteiger partial charge in [-0.15, -0.1) is 0 Å². The van der Waals surface area contributed by atoms with Gasteiger partial charge in [0, 0.05) is 38.7 Å². The van der Waals surface area contributed by atoms with Crippen LogP contribution >= 0.6 is 0 Å². The van der Waals surface area contributed by atoms with Gasteiger partial charge in [0.1, 0.15) is 11.6 Å². The summed E-state index contributed by atoms with van der Waals surface area (Å²) in [5.41, 5.74) is 2.95. The summed E-state index contributed by atoms with van der Waals surface area (Å²) in [7, 11) is 3.67. The molecule has 0 amide bonds. The second kappa shape index (κ2) is 7.95. The lowest BCUT2D eigenvalue weighted by Gasteiger charge is -2.23. The molecule has 0 saturated heterocycles. The minimum Gasteiger partial charge on any atom is -0.361 e. The zero-order valence-electron chi connectivity index (χ0n) is 14.9. The first-order chi connectivity index (χ1) is 11.4. The van der Waals surface area contributed by atoms with Crippen molar-refractivity contribution in [2.75, 3.05) is 20.6 Å². The fraction of sp³-hybridized carbons (Fsp3) is 0.444. The summed E-state index contributed by atoms with van der Waals surface area (Å²) in [6.07, 6.45) is 0. The van der Waals surface area contributed by atoms with Crippen molar-refractivity contribution in [1.29, 1.82) is 0 Å². The maximum atomic E-state index is 13.3. The molecule has 1 heterocycles. The maximum Gasteiger partial charge on any atom is 0.193 e. The number of rotatable bonds is 5. The molecule has 2 aromatic rings. The number of benzene rings is 1. The van der Waals surface area contributed by atoms with Crippen LogP contribution in [-0.4, -0.2) is 36.7 Å². The van der Waals surface area contributed by atoms with Crippen LogP contribution in [0.3, 0.4) is 0 Å². The third-order valence-electron chi connectivity index (χ3n) is 4.03. The van der Waals surface area contributed by atoms with Crippen LogP contribution in [0.1, 0.15) is 35.4 Å². The highest BCUT2D eigenvalue weighted by Gasteiger charge is 2.17. The van der Waals surface area contributed by atoms with Crippen molar-refractivity contribution < 1.29 is 8.91 Å². The third-order valence-corrected chi connectivity index (χ3v) is 4.03. The summed E-state index contributed by atoms with van der Waals surface area (Å²) in [6, 6.07) is 6.60. The van der Waals surface area contributed by atoms with Crippen molar-refractivity contribution >= 4 is 5.96 Å². The van der Waals surface area contributed by atoms with Gasteiger partial charge in [-0.3, -0.25) is 4.99 Å². The van der Waals surface area contributed by atoms with Gasteiger partial charge in [-0.25, -0.2) is 4.39 Å². The van der Waals surface area contributed by atoms with Crippen LogP contribution in [0.5, 0.6) is 0 Å². The largest absolute Gasteiger partial charge is 0.361 e. The molecule has 2 rings (SSSR count). The average Bonchev–Trinajstić information content (AvgIpc) is 2.86. The van der Waals surface area contributed by atoms with Gasteiger partial charge in [-0.2, -0.15) is 0 Å². The highest BCUT2D eigenvalue weighted by Crippen LogP contribution is 2.22. The lowest BCUT2D eigenvalue weighted by atomic mass is 10.00. The van der Waals surface area contributed by atoms with E-state index < -0.39 is 0 Å². The zero-order chi connectivity index (χ0) is 17.7. The van der Waals surface area contributed by atoms with E-state index in [1.807, 2.05) is 31.9 Å². The van der Waals surface area contributed by atoms with Gasteiger partial charge in [0.25, 0.3) is 0 Å². The van der Waals surface area contributed by atoms with E-state index in [1.54, 1.807) is 13.1 Å². The predicted octanol–water partition coefficient (Wildman–Crippen LogP) is 3.24. The predicted molar refractivity (Wildman–Crippen MR) is 93.6 cm³/mol. The van der Waals surface area contributed by atoms with Crippen LogP contribution in [-0.2, 0) is 6.54 Å². The monoisotopic (exact) mass is 332 g/mol. The van der Waals surface area contributed by atoms with Gasteiger partial charge in [-0.05, 0) is 31.5 Å². The SMILES string of the molecule is CN=C(NCC(C)c1c(C)noc1C)N(C)Cc1cccc(F)c1. The van der Waals surface area contributed by atoms with Gasteiger partial charge >= 0.3 is 0 Å². The molecule has 0 saturated carbocycles. The summed E-state index contributed by atoms with van der Waals surface area (Å²) >= 11 is 0. The molecular formula is C18H25FN4O. The Morgan fingerprint density at radius 1 is 1.42 bits per heavy atom. The molecule has 1 atom stereocenters. The molecule has 1 aromatic carbocycles. The molecule has 1 unspecified atom stereocenters. The van der Waals surface area contributed by atoms with Crippen molar-refractivity contribution in [3.05, 3.63) is 52.7 Å². The van der Waals surface area contributed by atoms with Crippen LogP contribution in [0.2, 0.25) is 0 Å². The Morgan fingerprint density at radius 3 is 2.75 bits per heavy atom. The lowest BCUT2D eigenvalue weighted by Crippen LogP contribution is -2.40. The summed E-state index contributed by atoms with van der Waals surface area (Å²) in [6.45, 7) is 7.30. The van der Waals surface area contributed by atoms with Crippen molar-refractivity contribution in [2.45, 2.75) is 33.2 Å². The number of hydrogen-bond donors (Lipinski definition) is 1. The van der Waals surface area contributed by atoms with E-state index >= 15 is 0 Å². The van der Waals surface area contributed by atoms with Gasteiger partial charge in [0.2, 0.25) is 0 Å². The number of guanidine groups is 1. The number of aromatic nitrogens is 1. The van der Waals surface area contributed by atoms with Crippen molar-refractivity contribution in [1.82, 2.24) is 15.4 Å². The Balaban J connectivity index is 1.97. The van der Waals surface area contributed by atoms with Gasteiger partial charge < -0.3 is 14.7 Å². The highest BCUT2D eigenvalue weighted by atomic mass is 19.1. The molecule has 5 nitrogen and oxygen atoms in total. The van der Waals surface area contributed by atoms with Gasteiger partial charge in [0.05, 0.1) is 5.69 Å². The van der Waals surface area contributed by atoms with Crippen LogP contribution < -0.4 is 5.32 Å². The van der Waals surface area contributed by atoms with E-state index in [1.165, 1.54) is 12.1 Å². The minimum atomic E-state index is -0.226. The fourth-order valence-electron chi connectivity index (χ4n) is 2.91. The normalized spacial score (nSPS) is 13.0. The summed E-state index contributed by atoms with van der Waals surface area (Å²) in [5, 5.41) is 7.36. The molecule has 1 N–H and O–H groups in total. The number of halogens is 1. The smallest absolute Gasteiger partial charge is 0.193 e. The molecule has 24 heavy (non-hydrogen) atoms. The first-order valence-corrected chi connectivity index (χ1v) is 8.01. The van der Waals surface area contributed by atoms with Crippen molar-refractivity contribution in [3.63, 3.8) is 0 Å². The molecule has 0 aliphatic heterocycles. The first-order valence-electron chi connectivity index (χ1n) is 8.01. The van der Waals surface area contributed by atoms with E-state index in [-0.39, 0.29) is 11.7 Å². The molecule has 130 valence electrons. The van der Waals surface area contributed by atoms with Crippen LogP contribution in [0.25, 0.3) is 0 Å². The van der Waals surface area contributed by atoms with Crippen LogP contribution in [0.4, 0.5) is 4.39 Å². The third kappa shape index (κ3) is 4.34. The van der Waals surface area contributed by atoms with Crippen LogP contribution in [0.15, 0.2) is 33.8 Å². The molecule has 0 spiro atoms. The Hall–Kier alpha value is -2.37. The Morgan fingerprint density at radius 2 is 2.17 bits per heavy atom.